The van der Waals surface area contributed by atoms with Gasteiger partial charge in [0.2, 0.25) is 17.7 Å². The van der Waals surface area contributed by atoms with E-state index in [4.69, 9.17) is 10.5 Å². The van der Waals surface area contributed by atoms with Crippen molar-refractivity contribution < 1.29 is 33.8 Å². The summed E-state index contributed by atoms with van der Waals surface area (Å²) in [6, 6.07) is 18.6. The number of amides is 5. The van der Waals surface area contributed by atoms with Gasteiger partial charge in [0, 0.05) is 17.5 Å². The molecule has 12 heteroatoms. The summed E-state index contributed by atoms with van der Waals surface area (Å²) in [7, 11) is 0. The van der Waals surface area contributed by atoms with Crippen molar-refractivity contribution in [3.05, 3.63) is 78.4 Å². The third-order valence-electron chi connectivity index (χ3n) is 9.62. The average Bonchev–Trinajstić information content (AvgIpc) is 3.49. The Hall–Kier alpha value is -4.97. The van der Waals surface area contributed by atoms with E-state index in [9.17, 15) is 29.1 Å². The van der Waals surface area contributed by atoms with E-state index < -0.39 is 66.4 Å². The summed E-state index contributed by atoms with van der Waals surface area (Å²) >= 11 is 0. The zero-order valence-corrected chi connectivity index (χ0v) is 29.5. The van der Waals surface area contributed by atoms with Crippen molar-refractivity contribution in [2.24, 2.45) is 17.6 Å². The van der Waals surface area contributed by atoms with Crippen molar-refractivity contribution >= 4 is 40.3 Å². The van der Waals surface area contributed by atoms with Crippen molar-refractivity contribution in [1.82, 2.24) is 20.9 Å². The summed E-state index contributed by atoms with van der Waals surface area (Å²) in [5, 5.41) is 21.7. The van der Waals surface area contributed by atoms with E-state index in [0.717, 1.165) is 42.0 Å². The molecular weight excluding hydrogens is 650 g/mol. The molecule has 3 aromatic carbocycles. The van der Waals surface area contributed by atoms with Gasteiger partial charge < -0.3 is 36.4 Å². The molecule has 3 aromatic rings. The number of aliphatic hydroxyl groups is 1. The highest BCUT2D eigenvalue weighted by Crippen LogP contribution is 2.41. The molecule has 1 heterocycles. The Morgan fingerprint density at radius 2 is 1.61 bits per heavy atom. The van der Waals surface area contributed by atoms with Crippen LogP contribution in [0.3, 0.4) is 0 Å². The average molecular weight is 700 g/mol. The van der Waals surface area contributed by atoms with Gasteiger partial charge in [-0.3, -0.25) is 24.0 Å². The Labute approximate surface area is 298 Å². The normalized spacial score (nSPS) is 20.4. The molecule has 6 atom stereocenters. The van der Waals surface area contributed by atoms with Crippen LogP contribution in [-0.4, -0.2) is 82.5 Å². The van der Waals surface area contributed by atoms with Crippen LogP contribution in [0.25, 0.3) is 10.8 Å². The number of nitrogens with two attached hydrogens (primary N) is 1. The first-order chi connectivity index (χ1) is 24.3. The summed E-state index contributed by atoms with van der Waals surface area (Å²) in [6.45, 7) is 5.51. The standard InChI is InChI=1S/C39H49N5O7/c1-39(2,3)43-37(49)34-28-18-10-8-15-26(28)22-44(34)38(50)35(47)29(20-24-12-5-4-6-13-24)42-36(48)30(21-32(40)45)41-33(46)23-51-31-19-11-16-25-14-7-9-17-27(25)31/h4-7,9,11-14,16-17,19,26,28-30,34-35,47H,8,10,15,18,20-23H2,1-3H3,(H2,40,45)(H,41,46)(H,42,48)(H,43,49)/t26-,28-,29-,30-,34-,35-/m0/s1. The van der Waals surface area contributed by atoms with Crippen molar-refractivity contribution in [2.45, 2.75) is 89.1 Å². The fraction of sp³-hybridized carbons (Fsp3) is 0.462. The minimum atomic E-state index is -1.74. The van der Waals surface area contributed by atoms with Crippen LogP contribution in [0.5, 0.6) is 5.75 Å². The quantitative estimate of drug-likeness (QED) is 0.182. The molecule has 2 aliphatic rings. The predicted octanol–water partition coefficient (Wildman–Crippen LogP) is 2.60. The maximum absolute atomic E-state index is 14.2. The lowest BCUT2D eigenvalue weighted by atomic mass is 9.78. The lowest BCUT2D eigenvalue weighted by Gasteiger charge is -2.34. The van der Waals surface area contributed by atoms with Crippen LogP contribution in [0.4, 0.5) is 0 Å². The molecule has 6 N–H and O–H groups in total. The van der Waals surface area contributed by atoms with E-state index in [1.807, 2.05) is 57.2 Å². The first kappa shape index (κ1) is 37.3. The van der Waals surface area contributed by atoms with Crippen molar-refractivity contribution in [3.8, 4) is 5.75 Å². The van der Waals surface area contributed by atoms with Crippen LogP contribution >= 0.6 is 0 Å². The van der Waals surface area contributed by atoms with E-state index in [-0.39, 0.29) is 24.2 Å². The molecule has 1 saturated heterocycles. The number of aliphatic hydroxyl groups excluding tert-OH is 1. The second-order valence-corrected chi connectivity index (χ2v) is 14.7. The topological polar surface area (TPSA) is 180 Å². The van der Waals surface area contributed by atoms with Crippen LogP contribution in [-0.2, 0) is 30.4 Å². The molecule has 0 aromatic heterocycles. The Morgan fingerprint density at radius 1 is 0.922 bits per heavy atom. The number of hydrogen-bond acceptors (Lipinski definition) is 7. The molecule has 1 saturated carbocycles. The maximum Gasteiger partial charge on any atom is 0.258 e. The lowest BCUT2D eigenvalue weighted by molar-refractivity contribution is -0.148. The van der Waals surface area contributed by atoms with Crippen molar-refractivity contribution in [1.29, 1.82) is 0 Å². The number of rotatable bonds is 13. The van der Waals surface area contributed by atoms with Crippen LogP contribution in [0.15, 0.2) is 72.8 Å². The van der Waals surface area contributed by atoms with Gasteiger partial charge in [-0.15, -0.1) is 0 Å². The highest BCUT2D eigenvalue weighted by molar-refractivity contribution is 5.94. The second kappa shape index (κ2) is 16.4. The minimum Gasteiger partial charge on any atom is -0.483 e. The van der Waals surface area contributed by atoms with Gasteiger partial charge in [-0.2, -0.15) is 0 Å². The minimum absolute atomic E-state index is 0.0364. The second-order valence-electron chi connectivity index (χ2n) is 14.7. The number of benzene rings is 3. The molecule has 0 unspecified atom stereocenters. The van der Waals surface area contributed by atoms with Crippen molar-refractivity contribution in [2.75, 3.05) is 13.2 Å². The van der Waals surface area contributed by atoms with Crippen LogP contribution in [0.2, 0.25) is 0 Å². The maximum atomic E-state index is 14.2. The van der Waals surface area contributed by atoms with Gasteiger partial charge in [0.05, 0.1) is 12.5 Å². The Balaban J connectivity index is 1.33. The first-order valence-corrected chi connectivity index (χ1v) is 17.6. The number of likely N-dealkylation sites (tertiary alicyclic amines) is 1. The zero-order chi connectivity index (χ0) is 36.7. The summed E-state index contributed by atoms with van der Waals surface area (Å²) < 4.78 is 5.77. The van der Waals surface area contributed by atoms with Gasteiger partial charge in [-0.1, -0.05) is 79.6 Å². The molecule has 5 amide bonds. The summed E-state index contributed by atoms with van der Waals surface area (Å²) in [5.41, 5.74) is 5.67. The third-order valence-corrected chi connectivity index (χ3v) is 9.62. The Kier molecular flexibility index (Phi) is 12.0. The number of hydrogen-bond donors (Lipinski definition) is 5. The highest BCUT2D eigenvalue weighted by Gasteiger charge is 2.50. The summed E-state index contributed by atoms with van der Waals surface area (Å²) in [6.07, 6.45) is 1.43. The fourth-order valence-corrected chi connectivity index (χ4v) is 7.33. The number of nitrogens with one attached hydrogen (secondary N) is 3. The van der Waals surface area contributed by atoms with Crippen LogP contribution in [0, 0.1) is 11.8 Å². The molecular formula is C39H49N5O7. The number of nitrogens with zero attached hydrogens (tertiary/aromatic N) is 1. The molecule has 5 rings (SSSR count). The number of carbonyl (C=O) groups is 5. The Morgan fingerprint density at radius 3 is 2.33 bits per heavy atom. The molecule has 0 bridgehead atoms. The van der Waals surface area contributed by atoms with Gasteiger partial charge in [0.25, 0.3) is 11.8 Å². The van der Waals surface area contributed by atoms with Crippen LogP contribution < -0.4 is 26.4 Å². The van der Waals surface area contributed by atoms with Crippen molar-refractivity contribution in [3.63, 3.8) is 0 Å². The third kappa shape index (κ3) is 9.63. The number of primary amides is 1. The molecule has 272 valence electrons. The fourth-order valence-electron chi connectivity index (χ4n) is 7.33. The number of ether oxygens (including phenoxy) is 1. The van der Waals surface area contributed by atoms with E-state index >= 15 is 0 Å². The van der Waals surface area contributed by atoms with Gasteiger partial charge in [0.1, 0.15) is 17.8 Å². The van der Waals surface area contributed by atoms with Gasteiger partial charge in [0.15, 0.2) is 12.7 Å². The largest absolute Gasteiger partial charge is 0.483 e. The smallest absolute Gasteiger partial charge is 0.258 e. The molecule has 1 aliphatic heterocycles. The molecule has 2 fully saturated rings. The van der Waals surface area contributed by atoms with Crippen LogP contribution in [0.1, 0.15) is 58.4 Å². The number of fused-ring (bicyclic) bond motifs is 2. The molecule has 0 spiro atoms. The van der Waals surface area contributed by atoms with E-state index in [1.54, 1.807) is 36.4 Å². The van der Waals surface area contributed by atoms with Gasteiger partial charge in [-0.25, -0.2) is 0 Å². The van der Waals surface area contributed by atoms with E-state index in [1.165, 1.54) is 4.90 Å². The van der Waals surface area contributed by atoms with Gasteiger partial charge >= 0.3 is 0 Å². The zero-order valence-electron chi connectivity index (χ0n) is 29.5. The molecule has 12 nitrogen and oxygen atoms in total. The molecule has 51 heavy (non-hydrogen) atoms. The van der Waals surface area contributed by atoms with E-state index in [0.29, 0.717) is 12.3 Å². The number of carbonyl (C=O) groups excluding carboxylic acids is 5. The summed E-state index contributed by atoms with van der Waals surface area (Å²) in [5.74, 6) is -2.70. The SMILES string of the molecule is CC(C)(C)NC(=O)[C@@H]1[C@H]2CCCC[C@H]2CN1C(=O)[C@@H](O)[C@H](Cc1ccccc1)NC(=O)[C@H](CC(N)=O)NC(=O)COc1cccc2ccccc12. The Bertz CT molecular complexity index is 1720. The predicted molar refractivity (Wildman–Crippen MR) is 192 cm³/mol. The summed E-state index contributed by atoms with van der Waals surface area (Å²) in [4.78, 5) is 68.2. The first-order valence-electron chi connectivity index (χ1n) is 17.6. The monoisotopic (exact) mass is 699 g/mol. The lowest BCUT2D eigenvalue weighted by Crippen LogP contribution is -2.60. The van der Waals surface area contributed by atoms with Gasteiger partial charge in [-0.05, 0) is 68.9 Å². The highest BCUT2D eigenvalue weighted by atomic mass is 16.5. The molecule has 0 radical (unpaired) electrons. The molecule has 1 aliphatic carbocycles. The van der Waals surface area contributed by atoms with E-state index in [2.05, 4.69) is 16.0 Å².